The first kappa shape index (κ1) is 10.7. The third-order valence-corrected chi connectivity index (χ3v) is 2.74. The molecular formula is C10H11NO5. The average molecular weight is 225 g/mol. The van der Waals surface area contributed by atoms with E-state index in [9.17, 15) is 9.59 Å². The molecule has 1 fully saturated rings. The van der Waals surface area contributed by atoms with Gasteiger partial charge >= 0.3 is 11.9 Å². The molecule has 1 aliphatic carbocycles. The molecule has 1 aromatic rings. The maximum atomic E-state index is 10.8. The Morgan fingerprint density at radius 3 is 2.25 bits per heavy atom. The molecule has 86 valence electrons. The number of hydrogen-bond acceptors (Lipinski definition) is 4. The molecule has 6 nitrogen and oxygen atoms in total. The molecule has 1 aliphatic rings. The predicted octanol–water partition coefficient (Wildman–Crippen LogP) is 1.73. The van der Waals surface area contributed by atoms with Gasteiger partial charge in [-0.05, 0) is 12.8 Å². The summed E-state index contributed by atoms with van der Waals surface area (Å²) in [5.41, 5.74) is -0.505. The highest BCUT2D eigenvalue weighted by atomic mass is 16.4. The van der Waals surface area contributed by atoms with E-state index in [1.165, 1.54) is 0 Å². The molecule has 0 spiro atoms. The van der Waals surface area contributed by atoms with Gasteiger partial charge in [0.25, 0.3) is 0 Å². The SMILES string of the molecule is O=C(O)c1nc(C2CCCC2)oc1C(=O)O. The molecule has 0 unspecified atom stereocenters. The number of nitrogens with zero attached hydrogens (tertiary/aromatic N) is 1. The summed E-state index contributed by atoms with van der Waals surface area (Å²) in [5.74, 6) is -3.03. The Hall–Kier alpha value is -1.85. The minimum absolute atomic E-state index is 0.0613. The second-order valence-electron chi connectivity index (χ2n) is 3.82. The van der Waals surface area contributed by atoms with Gasteiger partial charge in [0.2, 0.25) is 11.5 Å². The van der Waals surface area contributed by atoms with E-state index in [1.807, 2.05) is 0 Å². The lowest BCUT2D eigenvalue weighted by Crippen LogP contribution is -2.05. The fraction of sp³-hybridized carbons (Fsp3) is 0.500. The van der Waals surface area contributed by atoms with Crippen molar-refractivity contribution in [3.8, 4) is 0 Å². The smallest absolute Gasteiger partial charge is 0.374 e. The summed E-state index contributed by atoms with van der Waals surface area (Å²) in [6, 6.07) is 0. The quantitative estimate of drug-likeness (QED) is 0.812. The normalized spacial score (nSPS) is 16.5. The van der Waals surface area contributed by atoms with E-state index in [4.69, 9.17) is 14.6 Å². The van der Waals surface area contributed by atoms with Crippen LogP contribution >= 0.6 is 0 Å². The van der Waals surface area contributed by atoms with Gasteiger partial charge in [0, 0.05) is 5.92 Å². The third kappa shape index (κ3) is 1.78. The average Bonchev–Trinajstić information content (AvgIpc) is 2.86. The molecule has 6 heteroatoms. The Bertz CT molecular complexity index is 399. The van der Waals surface area contributed by atoms with Crippen molar-refractivity contribution in [2.24, 2.45) is 0 Å². The van der Waals surface area contributed by atoms with Crippen LogP contribution in [0.2, 0.25) is 0 Å². The second-order valence-corrected chi connectivity index (χ2v) is 3.82. The Morgan fingerprint density at radius 2 is 1.81 bits per heavy atom. The fourth-order valence-electron chi connectivity index (χ4n) is 1.97. The molecule has 0 amide bonds. The van der Waals surface area contributed by atoms with E-state index in [0.717, 1.165) is 25.7 Å². The molecule has 1 saturated carbocycles. The molecule has 2 rings (SSSR count). The molecule has 0 bridgehead atoms. The standard InChI is InChI=1S/C10H11NO5/c12-9(13)6-7(10(14)15)16-8(11-6)5-3-1-2-4-5/h5H,1-4H2,(H,12,13)(H,14,15). The summed E-state index contributed by atoms with van der Waals surface area (Å²) < 4.78 is 5.03. The maximum Gasteiger partial charge on any atom is 0.374 e. The zero-order chi connectivity index (χ0) is 11.7. The number of carbonyl (C=O) groups is 2. The second kappa shape index (κ2) is 3.96. The molecule has 16 heavy (non-hydrogen) atoms. The molecule has 0 aliphatic heterocycles. The van der Waals surface area contributed by atoms with E-state index in [0.29, 0.717) is 0 Å². The molecule has 0 aromatic carbocycles. The van der Waals surface area contributed by atoms with E-state index in [-0.39, 0.29) is 11.8 Å². The van der Waals surface area contributed by atoms with Crippen LogP contribution in [0.4, 0.5) is 0 Å². The lowest BCUT2D eigenvalue weighted by Gasteiger charge is -2.00. The van der Waals surface area contributed by atoms with Gasteiger partial charge in [-0.2, -0.15) is 0 Å². The highest BCUT2D eigenvalue weighted by molar-refractivity contribution is 5.98. The van der Waals surface area contributed by atoms with Crippen LogP contribution in [0.3, 0.4) is 0 Å². The molecular weight excluding hydrogens is 214 g/mol. The van der Waals surface area contributed by atoms with Gasteiger partial charge < -0.3 is 14.6 Å². The number of aromatic carboxylic acids is 2. The van der Waals surface area contributed by atoms with Crippen molar-refractivity contribution < 1.29 is 24.2 Å². The zero-order valence-electron chi connectivity index (χ0n) is 8.47. The van der Waals surface area contributed by atoms with Crippen LogP contribution in [0, 0.1) is 0 Å². The van der Waals surface area contributed by atoms with Crippen LogP contribution in [0.5, 0.6) is 0 Å². The Labute approximate surface area is 90.9 Å². The summed E-state index contributed by atoms with van der Waals surface area (Å²) >= 11 is 0. The largest absolute Gasteiger partial charge is 0.476 e. The molecule has 0 atom stereocenters. The number of rotatable bonds is 3. The number of carboxylic acid groups (broad SMARTS) is 2. The van der Waals surface area contributed by atoms with Gasteiger partial charge in [-0.15, -0.1) is 0 Å². The summed E-state index contributed by atoms with van der Waals surface area (Å²) in [6.07, 6.45) is 3.83. The minimum atomic E-state index is -1.39. The molecule has 2 N–H and O–H groups in total. The van der Waals surface area contributed by atoms with E-state index in [2.05, 4.69) is 4.98 Å². The van der Waals surface area contributed by atoms with Gasteiger partial charge in [0.1, 0.15) is 0 Å². The predicted molar refractivity (Wildman–Crippen MR) is 51.6 cm³/mol. The number of carboxylic acids is 2. The van der Waals surface area contributed by atoms with E-state index < -0.39 is 23.4 Å². The van der Waals surface area contributed by atoms with Gasteiger partial charge in [0.05, 0.1) is 0 Å². The van der Waals surface area contributed by atoms with Crippen LogP contribution < -0.4 is 0 Å². The fourth-order valence-corrected chi connectivity index (χ4v) is 1.97. The minimum Gasteiger partial charge on any atom is -0.476 e. The Kier molecular flexibility index (Phi) is 2.64. The van der Waals surface area contributed by atoms with Crippen molar-refractivity contribution in [3.63, 3.8) is 0 Å². The van der Waals surface area contributed by atoms with Crippen molar-refractivity contribution in [2.45, 2.75) is 31.6 Å². The summed E-state index contributed by atoms with van der Waals surface area (Å²) in [4.78, 5) is 25.3. The Morgan fingerprint density at radius 1 is 1.19 bits per heavy atom. The van der Waals surface area contributed by atoms with Crippen LogP contribution in [0.1, 0.15) is 58.5 Å². The lowest BCUT2D eigenvalue weighted by atomic mass is 10.1. The first-order valence-corrected chi connectivity index (χ1v) is 5.07. The summed E-state index contributed by atoms with van der Waals surface area (Å²) in [7, 11) is 0. The highest BCUT2D eigenvalue weighted by Crippen LogP contribution is 2.34. The first-order valence-electron chi connectivity index (χ1n) is 5.07. The van der Waals surface area contributed by atoms with Crippen molar-refractivity contribution in [3.05, 3.63) is 17.3 Å². The van der Waals surface area contributed by atoms with Gasteiger partial charge in [-0.1, -0.05) is 12.8 Å². The number of hydrogen-bond donors (Lipinski definition) is 2. The van der Waals surface area contributed by atoms with Gasteiger partial charge in [-0.25, -0.2) is 14.6 Å². The van der Waals surface area contributed by atoms with Crippen molar-refractivity contribution in [2.75, 3.05) is 0 Å². The summed E-state index contributed by atoms with van der Waals surface area (Å²) in [6.45, 7) is 0. The van der Waals surface area contributed by atoms with Crippen molar-refractivity contribution >= 4 is 11.9 Å². The summed E-state index contributed by atoms with van der Waals surface area (Å²) in [5, 5.41) is 17.6. The van der Waals surface area contributed by atoms with Gasteiger partial charge in [-0.3, -0.25) is 0 Å². The molecule has 1 heterocycles. The van der Waals surface area contributed by atoms with Crippen LogP contribution in [0.15, 0.2) is 4.42 Å². The van der Waals surface area contributed by atoms with Crippen molar-refractivity contribution in [1.82, 2.24) is 4.98 Å². The monoisotopic (exact) mass is 225 g/mol. The van der Waals surface area contributed by atoms with Crippen molar-refractivity contribution in [1.29, 1.82) is 0 Å². The number of aromatic nitrogens is 1. The van der Waals surface area contributed by atoms with Crippen LogP contribution in [-0.4, -0.2) is 27.1 Å². The van der Waals surface area contributed by atoms with Crippen LogP contribution in [0.25, 0.3) is 0 Å². The molecule has 0 radical (unpaired) electrons. The van der Waals surface area contributed by atoms with E-state index >= 15 is 0 Å². The maximum absolute atomic E-state index is 10.8. The number of oxazole rings is 1. The highest BCUT2D eigenvalue weighted by Gasteiger charge is 2.29. The first-order chi connectivity index (χ1) is 7.59. The Balaban J connectivity index is 2.37. The lowest BCUT2D eigenvalue weighted by molar-refractivity contribution is 0.0622. The molecule has 0 saturated heterocycles. The van der Waals surface area contributed by atoms with Crippen LogP contribution in [-0.2, 0) is 0 Å². The topological polar surface area (TPSA) is 101 Å². The van der Waals surface area contributed by atoms with Gasteiger partial charge in [0.15, 0.2) is 5.89 Å². The molecule has 1 aromatic heterocycles. The zero-order valence-corrected chi connectivity index (χ0v) is 8.47. The third-order valence-electron chi connectivity index (χ3n) is 2.74. The van der Waals surface area contributed by atoms with E-state index in [1.54, 1.807) is 0 Å².